The van der Waals surface area contributed by atoms with E-state index in [2.05, 4.69) is 35.0 Å². The van der Waals surface area contributed by atoms with Crippen molar-refractivity contribution >= 4 is 11.7 Å². The molecule has 0 spiro atoms. The van der Waals surface area contributed by atoms with Gasteiger partial charge < -0.3 is 14.8 Å². The molecule has 1 saturated heterocycles. The van der Waals surface area contributed by atoms with Gasteiger partial charge in [0.05, 0.1) is 18.7 Å². The van der Waals surface area contributed by atoms with Crippen LogP contribution in [0.2, 0.25) is 0 Å². The maximum absolute atomic E-state index is 12.7. The number of hydrogen-bond acceptors (Lipinski definition) is 2. The van der Waals surface area contributed by atoms with Gasteiger partial charge in [0.2, 0.25) is 0 Å². The summed E-state index contributed by atoms with van der Waals surface area (Å²) in [5.74, 6) is 1.29. The molecule has 142 valence electrons. The molecule has 1 fully saturated rings. The van der Waals surface area contributed by atoms with E-state index in [9.17, 15) is 10.1 Å². The third-order valence-corrected chi connectivity index (χ3v) is 5.66. The highest BCUT2D eigenvalue weighted by Gasteiger charge is 2.24. The standard InChI is InChI=1S/C22H28N4O/c1-16-8-7-11-25(13-16)15-21(27)24-22-20(12-23)17(2)18(3)26(22)14-19-9-5-4-6-10-19/h4-6,9-10,16H,7-8,11,13-15H2,1-3H3,(H,24,27)/p+1/t16-/m0/s1. The number of anilines is 1. The molecule has 0 radical (unpaired) electrons. The van der Waals surface area contributed by atoms with Crippen molar-refractivity contribution in [1.29, 1.82) is 5.26 Å². The number of rotatable bonds is 5. The predicted molar refractivity (Wildman–Crippen MR) is 107 cm³/mol. The molecule has 2 N–H and O–H groups in total. The molecule has 2 atom stereocenters. The van der Waals surface area contributed by atoms with Crippen LogP contribution in [0.25, 0.3) is 0 Å². The van der Waals surface area contributed by atoms with Crippen molar-refractivity contribution in [3.05, 3.63) is 52.7 Å². The van der Waals surface area contributed by atoms with Gasteiger partial charge in [-0.05, 0) is 37.8 Å². The number of likely N-dealkylation sites (tertiary alicyclic amines) is 1. The minimum absolute atomic E-state index is 0.0117. The lowest BCUT2D eigenvalue weighted by Crippen LogP contribution is -3.14. The largest absolute Gasteiger partial charge is 0.327 e. The second-order valence-electron chi connectivity index (χ2n) is 7.79. The lowest BCUT2D eigenvalue weighted by Gasteiger charge is -2.27. The number of benzene rings is 1. The maximum Gasteiger partial charge on any atom is 0.280 e. The molecule has 1 aliphatic heterocycles. The summed E-state index contributed by atoms with van der Waals surface area (Å²) in [7, 11) is 0. The first-order valence-electron chi connectivity index (χ1n) is 9.76. The molecule has 1 unspecified atom stereocenters. The highest BCUT2D eigenvalue weighted by Crippen LogP contribution is 2.27. The summed E-state index contributed by atoms with van der Waals surface area (Å²) in [6.45, 7) is 9.40. The van der Waals surface area contributed by atoms with Crippen molar-refractivity contribution in [2.75, 3.05) is 25.0 Å². The van der Waals surface area contributed by atoms with Crippen LogP contribution in [0.5, 0.6) is 0 Å². The molecular weight excluding hydrogens is 336 g/mol. The van der Waals surface area contributed by atoms with Gasteiger partial charge in [0.15, 0.2) is 6.54 Å². The van der Waals surface area contributed by atoms with Gasteiger partial charge in [0.25, 0.3) is 5.91 Å². The van der Waals surface area contributed by atoms with Crippen molar-refractivity contribution < 1.29 is 9.69 Å². The SMILES string of the molecule is Cc1c(C#N)c(NC(=O)C[NH+]2CCC[C@H](C)C2)n(Cc2ccccc2)c1C. The number of nitrogens with one attached hydrogen (secondary N) is 2. The van der Waals surface area contributed by atoms with E-state index in [-0.39, 0.29) is 5.91 Å². The topological polar surface area (TPSA) is 62.3 Å². The zero-order chi connectivity index (χ0) is 19.4. The maximum atomic E-state index is 12.7. The fourth-order valence-corrected chi connectivity index (χ4v) is 4.06. The van der Waals surface area contributed by atoms with Gasteiger partial charge in [-0.25, -0.2) is 0 Å². The monoisotopic (exact) mass is 365 g/mol. The van der Waals surface area contributed by atoms with E-state index in [1.165, 1.54) is 17.7 Å². The normalized spacial score (nSPS) is 19.5. The summed E-state index contributed by atoms with van der Waals surface area (Å²) in [4.78, 5) is 14.1. The van der Waals surface area contributed by atoms with Crippen LogP contribution in [0.3, 0.4) is 0 Å². The minimum atomic E-state index is -0.0117. The average molecular weight is 366 g/mol. The first kappa shape index (κ1) is 19.2. The Morgan fingerprint density at radius 1 is 1.33 bits per heavy atom. The van der Waals surface area contributed by atoms with Gasteiger partial charge in [-0.1, -0.05) is 37.3 Å². The van der Waals surface area contributed by atoms with E-state index in [1.54, 1.807) is 0 Å². The molecule has 3 rings (SSSR count). The van der Waals surface area contributed by atoms with E-state index in [0.717, 1.165) is 29.9 Å². The second kappa shape index (κ2) is 8.41. The van der Waals surface area contributed by atoms with E-state index in [1.807, 2.05) is 32.0 Å². The molecule has 27 heavy (non-hydrogen) atoms. The van der Waals surface area contributed by atoms with Gasteiger partial charge in [-0.15, -0.1) is 0 Å². The van der Waals surface area contributed by atoms with E-state index in [0.29, 0.717) is 30.4 Å². The third-order valence-electron chi connectivity index (χ3n) is 5.66. The number of aromatic nitrogens is 1. The van der Waals surface area contributed by atoms with E-state index >= 15 is 0 Å². The zero-order valence-electron chi connectivity index (χ0n) is 16.5. The fraction of sp³-hybridized carbons (Fsp3) is 0.455. The van der Waals surface area contributed by atoms with Crippen LogP contribution in [0.1, 0.15) is 42.1 Å². The summed E-state index contributed by atoms with van der Waals surface area (Å²) < 4.78 is 2.05. The van der Waals surface area contributed by atoms with Crippen LogP contribution in [-0.2, 0) is 11.3 Å². The van der Waals surface area contributed by atoms with Crippen molar-refractivity contribution in [2.45, 2.75) is 40.2 Å². The van der Waals surface area contributed by atoms with Gasteiger partial charge in [-0.2, -0.15) is 5.26 Å². The molecule has 2 heterocycles. The summed E-state index contributed by atoms with van der Waals surface area (Å²) >= 11 is 0. The first-order valence-corrected chi connectivity index (χ1v) is 9.76. The van der Waals surface area contributed by atoms with Crippen LogP contribution in [0.4, 0.5) is 5.82 Å². The van der Waals surface area contributed by atoms with Gasteiger partial charge >= 0.3 is 0 Å². The number of hydrogen-bond donors (Lipinski definition) is 2. The van der Waals surface area contributed by atoms with Crippen LogP contribution in [-0.4, -0.2) is 30.1 Å². The molecule has 1 amide bonds. The first-order chi connectivity index (χ1) is 13.0. The quantitative estimate of drug-likeness (QED) is 0.854. The second-order valence-corrected chi connectivity index (χ2v) is 7.79. The lowest BCUT2D eigenvalue weighted by molar-refractivity contribution is -0.900. The molecule has 5 heteroatoms. The molecule has 2 aromatic rings. The molecule has 0 aliphatic carbocycles. The highest BCUT2D eigenvalue weighted by molar-refractivity contribution is 5.92. The molecular formula is C22H29N4O+. The number of carbonyl (C=O) groups excluding carboxylic acids is 1. The number of nitrogens with zero attached hydrogens (tertiary/aromatic N) is 2. The molecule has 5 nitrogen and oxygen atoms in total. The molecule has 0 saturated carbocycles. The molecule has 1 aromatic carbocycles. The summed E-state index contributed by atoms with van der Waals surface area (Å²) in [5.41, 5.74) is 3.66. The number of carbonyl (C=O) groups is 1. The molecule has 1 aliphatic rings. The Labute approximate surface area is 161 Å². The Morgan fingerprint density at radius 3 is 2.74 bits per heavy atom. The van der Waals surface area contributed by atoms with Crippen molar-refractivity contribution in [1.82, 2.24) is 4.57 Å². The zero-order valence-corrected chi connectivity index (χ0v) is 16.5. The summed E-state index contributed by atoms with van der Waals surface area (Å²) in [5, 5.41) is 12.7. The predicted octanol–water partition coefficient (Wildman–Crippen LogP) is 2.28. The number of piperidine rings is 1. The van der Waals surface area contributed by atoms with E-state index in [4.69, 9.17) is 0 Å². The number of nitriles is 1. The Balaban J connectivity index is 1.82. The van der Waals surface area contributed by atoms with E-state index < -0.39 is 0 Å². The Bertz CT molecular complexity index is 847. The van der Waals surface area contributed by atoms with Gasteiger partial charge in [0.1, 0.15) is 11.9 Å². The van der Waals surface area contributed by atoms with Crippen molar-refractivity contribution in [3.8, 4) is 6.07 Å². The number of amides is 1. The van der Waals surface area contributed by atoms with Crippen molar-refractivity contribution in [2.24, 2.45) is 5.92 Å². The van der Waals surface area contributed by atoms with Crippen LogP contribution in [0.15, 0.2) is 30.3 Å². The Kier molecular flexibility index (Phi) is 5.98. The van der Waals surface area contributed by atoms with Gasteiger partial charge in [-0.3, -0.25) is 4.79 Å². The summed E-state index contributed by atoms with van der Waals surface area (Å²) in [6, 6.07) is 12.4. The smallest absolute Gasteiger partial charge is 0.280 e. The Hall–Kier alpha value is -2.58. The van der Waals surface area contributed by atoms with Crippen LogP contribution in [0, 0.1) is 31.1 Å². The number of quaternary nitrogens is 1. The highest BCUT2D eigenvalue weighted by atomic mass is 16.2. The van der Waals surface area contributed by atoms with Gasteiger partial charge in [0, 0.05) is 18.2 Å². The average Bonchev–Trinajstić information content (AvgIpc) is 2.86. The Morgan fingerprint density at radius 2 is 2.07 bits per heavy atom. The van der Waals surface area contributed by atoms with Crippen LogP contribution >= 0.6 is 0 Å². The molecule has 1 aromatic heterocycles. The van der Waals surface area contributed by atoms with Crippen molar-refractivity contribution in [3.63, 3.8) is 0 Å². The van der Waals surface area contributed by atoms with Crippen LogP contribution < -0.4 is 10.2 Å². The minimum Gasteiger partial charge on any atom is -0.327 e. The molecule has 0 bridgehead atoms. The lowest BCUT2D eigenvalue weighted by atomic mass is 10.0. The third kappa shape index (κ3) is 4.40. The summed E-state index contributed by atoms with van der Waals surface area (Å²) in [6.07, 6.45) is 2.43. The fourth-order valence-electron chi connectivity index (χ4n) is 4.06.